The maximum Gasteiger partial charge on any atom is 0.490 e. The van der Waals surface area contributed by atoms with Gasteiger partial charge >= 0.3 is 18.1 Å². The number of primary amides is 1. The summed E-state index contributed by atoms with van der Waals surface area (Å²) in [7, 11) is 0. The van der Waals surface area contributed by atoms with Crippen LogP contribution in [0.25, 0.3) is 0 Å². The number of anilines is 1. The van der Waals surface area contributed by atoms with Crippen LogP contribution in [0.1, 0.15) is 33.5 Å². The number of nitrogen functional groups attached to an aromatic ring is 1. The van der Waals surface area contributed by atoms with Gasteiger partial charge in [0.2, 0.25) is 29.5 Å². The Bertz CT molecular complexity index is 1800. The maximum atomic E-state index is 13.5. The molecule has 298 valence electrons. The van der Waals surface area contributed by atoms with E-state index in [2.05, 4.69) is 33.9 Å². The lowest BCUT2D eigenvalue weighted by Gasteiger charge is -2.23. The number of aliphatic carboxylic acids is 2. The number of carbonyl (C=O) groups excluding carboxylic acids is 6. The van der Waals surface area contributed by atoms with Gasteiger partial charge in [0.05, 0.1) is 44.0 Å². The fourth-order valence-corrected chi connectivity index (χ4v) is 4.83. The van der Waals surface area contributed by atoms with Crippen molar-refractivity contribution in [2.24, 2.45) is 11.5 Å². The molecule has 1 aliphatic heterocycles. The molecule has 11 N–H and O–H groups in total. The zero-order valence-electron chi connectivity index (χ0n) is 28.8. The third-order valence-corrected chi connectivity index (χ3v) is 7.68. The van der Waals surface area contributed by atoms with Gasteiger partial charge in [0.1, 0.15) is 18.4 Å². The van der Waals surface area contributed by atoms with E-state index in [1.54, 1.807) is 42.5 Å². The van der Waals surface area contributed by atoms with E-state index in [0.29, 0.717) is 12.0 Å². The predicted molar refractivity (Wildman–Crippen MR) is 190 cm³/mol. The molecule has 0 fully saturated rings. The Morgan fingerprint density at radius 3 is 1.98 bits per heavy atom. The molecular formula is C32H38F3N9O10S. The zero-order valence-corrected chi connectivity index (χ0v) is 29.7. The van der Waals surface area contributed by atoms with Crippen molar-refractivity contribution < 1.29 is 61.7 Å². The second-order valence-electron chi connectivity index (χ2n) is 11.5. The Hall–Kier alpha value is -6.23. The summed E-state index contributed by atoms with van der Waals surface area (Å²) in [5.74, 6) is -7.75. The number of amides is 6. The number of amidine groups is 1. The molecular weight excluding hydrogens is 759 g/mol. The van der Waals surface area contributed by atoms with Crippen LogP contribution in [0.4, 0.5) is 18.9 Å². The van der Waals surface area contributed by atoms with Gasteiger partial charge in [-0.3, -0.25) is 49.2 Å². The van der Waals surface area contributed by atoms with Crippen molar-refractivity contribution in [2.75, 3.05) is 50.0 Å². The van der Waals surface area contributed by atoms with E-state index in [4.69, 9.17) is 26.8 Å². The number of nitrogens with two attached hydrogens (primary N) is 2. The summed E-state index contributed by atoms with van der Waals surface area (Å²) in [6, 6.07) is 11.0. The fraction of sp³-hybridized carbons (Fsp3) is 0.344. The van der Waals surface area contributed by atoms with Gasteiger partial charge in [-0.15, -0.1) is 0 Å². The Labute approximate surface area is 315 Å². The number of hydrogen-bond acceptors (Lipinski definition) is 11. The van der Waals surface area contributed by atoms with Gasteiger partial charge in [0.15, 0.2) is 0 Å². The summed E-state index contributed by atoms with van der Waals surface area (Å²) in [6.45, 7) is -2.01. The Morgan fingerprint density at radius 2 is 1.45 bits per heavy atom. The topological polar surface area (TPSA) is 308 Å². The first-order chi connectivity index (χ1) is 25.7. The summed E-state index contributed by atoms with van der Waals surface area (Å²) in [6.07, 6.45) is -5.03. The number of halogens is 3. The first-order valence-corrected chi connectivity index (χ1v) is 16.5. The van der Waals surface area contributed by atoms with Gasteiger partial charge in [-0.25, -0.2) is 4.79 Å². The molecule has 6 amide bonds. The normalized spacial score (nSPS) is 12.9. The van der Waals surface area contributed by atoms with E-state index in [1.165, 1.54) is 9.80 Å². The van der Waals surface area contributed by atoms with Crippen LogP contribution in [0.2, 0.25) is 0 Å². The highest BCUT2D eigenvalue weighted by molar-refractivity contribution is 7.80. The quantitative estimate of drug-likeness (QED) is 0.0479. The summed E-state index contributed by atoms with van der Waals surface area (Å²) < 4.78 is 31.7. The molecule has 1 atom stereocenters. The van der Waals surface area contributed by atoms with Gasteiger partial charge in [0, 0.05) is 17.9 Å². The van der Waals surface area contributed by atoms with Gasteiger partial charge in [-0.2, -0.15) is 25.8 Å². The molecule has 19 nitrogen and oxygen atoms in total. The zero-order chi connectivity index (χ0) is 41.5. The highest BCUT2D eigenvalue weighted by Gasteiger charge is 2.38. The van der Waals surface area contributed by atoms with Gasteiger partial charge < -0.3 is 42.5 Å². The third kappa shape index (κ3) is 15.0. The number of carboxylic acids is 2. The smallest absolute Gasteiger partial charge is 0.481 e. The number of fused-ring (bicyclic) bond motifs is 1. The van der Waals surface area contributed by atoms with Crippen molar-refractivity contribution in [3.8, 4) is 0 Å². The van der Waals surface area contributed by atoms with E-state index in [-0.39, 0.29) is 49.0 Å². The molecule has 0 aromatic heterocycles. The highest BCUT2D eigenvalue weighted by atomic mass is 32.1. The molecule has 0 saturated carbocycles. The lowest BCUT2D eigenvalue weighted by atomic mass is 10.00. The van der Waals surface area contributed by atoms with Crippen molar-refractivity contribution in [2.45, 2.75) is 25.1 Å². The van der Waals surface area contributed by atoms with Crippen LogP contribution in [0.3, 0.4) is 0 Å². The molecule has 2 aromatic rings. The van der Waals surface area contributed by atoms with Crippen molar-refractivity contribution in [1.29, 1.82) is 5.41 Å². The number of benzene rings is 2. The molecule has 0 spiro atoms. The Morgan fingerprint density at radius 1 is 0.891 bits per heavy atom. The minimum absolute atomic E-state index is 0.0219. The van der Waals surface area contributed by atoms with E-state index in [0.717, 1.165) is 11.1 Å². The number of thiol groups is 1. The summed E-state index contributed by atoms with van der Waals surface area (Å²) in [4.78, 5) is 96.9. The number of carboxylic acid groups (broad SMARTS) is 2. The molecule has 0 saturated heterocycles. The van der Waals surface area contributed by atoms with Crippen LogP contribution in [0, 0.1) is 5.41 Å². The summed E-state index contributed by atoms with van der Waals surface area (Å²) in [5, 5.41) is 33.6. The lowest BCUT2D eigenvalue weighted by molar-refractivity contribution is -0.192. The average molecular weight is 798 g/mol. The minimum atomic E-state index is -5.08. The van der Waals surface area contributed by atoms with E-state index in [1.807, 2.05) is 0 Å². The largest absolute Gasteiger partial charge is 0.490 e. The number of carbonyl (C=O) groups is 8. The monoisotopic (exact) mass is 797 g/mol. The van der Waals surface area contributed by atoms with Crippen LogP contribution in [0.5, 0.6) is 0 Å². The summed E-state index contributed by atoms with van der Waals surface area (Å²) in [5.41, 5.74) is 13.3. The number of rotatable bonds is 17. The molecule has 2 aromatic carbocycles. The first kappa shape index (κ1) is 44.9. The molecule has 1 heterocycles. The SMILES string of the molecule is N=C(N)c1ccc(Cc2ccc3c(c2)C(=O)N(CCC(=O)O)CC(=O)N3CNCC(=O)NCC(=O)NCC(=O)NC(CS)C(N)=O)cc1.O=C(O)C(F)(F)F. The molecule has 3 rings (SSSR count). The molecule has 0 aliphatic carbocycles. The Balaban J connectivity index is 0.00000136. The van der Waals surface area contributed by atoms with Crippen molar-refractivity contribution >= 4 is 71.5 Å². The van der Waals surface area contributed by atoms with E-state index < -0.39 is 79.2 Å². The predicted octanol–water partition coefficient (Wildman–Crippen LogP) is -1.86. The maximum absolute atomic E-state index is 13.5. The van der Waals surface area contributed by atoms with Crippen LogP contribution >= 0.6 is 12.6 Å². The first-order valence-electron chi connectivity index (χ1n) is 15.8. The fourth-order valence-electron chi connectivity index (χ4n) is 4.56. The number of hydrogen-bond donors (Lipinski definition) is 10. The standard InChI is InChI=1S/C30H37N9O8S.C2HF3O2/c31-28(32)19-4-1-17(2-5-19)9-18-3-6-22-20(10-18)30(47)38(8-7-27(44)45)14-26(43)39(22)16-34-11-23(40)35-12-24(41)36-13-25(42)37-21(15-48)29(33)46;3-2(4,5)1(6)7/h1-6,10,21,34,48H,7-9,11-16H2,(H3,31,32)(H2,33,46)(H,35,40)(H,36,41)(H,37,42)(H,44,45);(H,6,7). The highest BCUT2D eigenvalue weighted by Crippen LogP contribution is 2.28. The minimum Gasteiger partial charge on any atom is -0.481 e. The molecule has 0 bridgehead atoms. The molecule has 1 unspecified atom stereocenters. The second-order valence-corrected chi connectivity index (χ2v) is 11.8. The van der Waals surface area contributed by atoms with Crippen LogP contribution < -0.4 is 37.6 Å². The van der Waals surface area contributed by atoms with Gasteiger partial charge in [-0.05, 0) is 29.7 Å². The second kappa shape index (κ2) is 20.9. The number of nitrogens with one attached hydrogen (secondary N) is 5. The van der Waals surface area contributed by atoms with Gasteiger partial charge in [0.25, 0.3) is 5.91 Å². The number of nitrogens with zero attached hydrogens (tertiary/aromatic N) is 2. The van der Waals surface area contributed by atoms with Crippen molar-refractivity contribution in [3.63, 3.8) is 0 Å². The number of alkyl halides is 3. The van der Waals surface area contributed by atoms with Crippen LogP contribution in [-0.4, -0.2) is 126 Å². The lowest BCUT2D eigenvalue weighted by Crippen LogP contribution is -2.50. The van der Waals surface area contributed by atoms with Crippen LogP contribution in [-0.2, 0) is 40.0 Å². The van der Waals surface area contributed by atoms with Crippen LogP contribution in [0.15, 0.2) is 42.5 Å². The molecule has 1 aliphatic rings. The third-order valence-electron chi connectivity index (χ3n) is 7.32. The van der Waals surface area contributed by atoms with Crippen molar-refractivity contribution in [1.82, 2.24) is 26.2 Å². The van der Waals surface area contributed by atoms with E-state index >= 15 is 0 Å². The van der Waals surface area contributed by atoms with Gasteiger partial charge in [-0.1, -0.05) is 30.3 Å². The molecule has 0 radical (unpaired) electrons. The van der Waals surface area contributed by atoms with Crippen molar-refractivity contribution in [3.05, 3.63) is 64.7 Å². The Kier molecular flexibility index (Phi) is 17.0. The molecule has 23 heteroatoms. The average Bonchev–Trinajstić information content (AvgIpc) is 3.21. The summed E-state index contributed by atoms with van der Waals surface area (Å²) >= 11 is 3.91. The van der Waals surface area contributed by atoms with E-state index in [9.17, 15) is 51.8 Å². The molecule has 55 heavy (non-hydrogen) atoms.